The van der Waals surface area contributed by atoms with Crippen molar-refractivity contribution in [2.24, 2.45) is 0 Å². The van der Waals surface area contributed by atoms with Gasteiger partial charge in [0.05, 0.1) is 5.60 Å². The number of nitrogens with zero attached hydrogens (tertiary/aromatic N) is 1. The minimum atomic E-state index is -3.08. The first kappa shape index (κ1) is 11.2. The molecular weight excluding hydrogens is 189 g/mol. The maximum absolute atomic E-state index is 12.2. The van der Waals surface area contributed by atoms with Gasteiger partial charge in [-0.3, -0.25) is 4.57 Å². The minimum absolute atomic E-state index is 0.398. The van der Waals surface area contributed by atoms with Crippen LogP contribution < -0.4 is 0 Å². The van der Waals surface area contributed by atoms with Gasteiger partial charge in [-0.1, -0.05) is 0 Å². The molecule has 1 aliphatic heterocycles. The smallest absolute Gasteiger partial charge is 0.303 e. The van der Waals surface area contributed by atoms with Gasteiger partial charge < -0.3 is 9.63 Å². The quantitative estimate of drug-likeness (QED) is 0.664. The zero-order valence-corrected chi connectivity index (χ0v) is 9.76. The molecule has 1 N–H and O–H groups in total. The second-order valence-corrected chi connectivity index (χ2v) is 7.60. The molecular formula is C8H18NO3P. The maximum Gasteiger partial charge on any atom is 0.303 e. The lowest BCUT2D eigenvalue weighted by molar-refractivity contribution is 0.0931. The minimum Gasteiger partial charge on any atom is -0.378 e. The van der Waals surface area contributed by atoms with Crippen molar-refractivity contribution in [3.8, 4) is 0 Å². The molecule has 1 unspecified atom stereocenters. The SMILES string of the molecule is CN(C)P1(=O)OC(C)(C)C[C@@]1(C)O. The Morgan fingerprint density at radius 1 is 1.38 bits per heavy atom. The maximum atomic E-state index is 12.2. The molecule has 0 aromatic carbocycles. The van der Waals surface area contributed by atoms with Crippen LogP contribution in [-0.4, -0.2) is 34.8 Å². The van der Waals surface area contributed by atoms with E-state index in [2.05, 4.69) is 0 Å². The van der Waals surface area contributed by atoms with Crippen molar-refractivity contribution in [1.82, 2.24) is 4.67 Å². The van der Waals surface area contributed by atoms with Crippen LogP contribution in [0.15, 0.2) is 0 Å². The highest BCUT2D eigenvalue weighted by Gasteiger charge is 2.58. The van der Waals surface area contributed by atoms with Crippen molar-refractivity contribution < 1.29 is 14.2 Å². The molecule has 1 aliphatic rings. The summed E-state index contributed by atoms with van der Waals surface area (Å²) in [4.78, 5) is 0. The third-order valence-electron chi connectivity index (χ3n) is 2.27. The van der Waals surface area contributed by atoms with Gasteiger partial charge in [-0.15, -0.1) is 0 Å². The Kier molecular flexibility index (Phi) is 2.41. The van der Waals surface area contributed by atoms with Crippen LogP contribution in [0.5, 0.6) is 0 Å². The molecule has 2 atom stereocenters. The summed E-state index contributed by atoms with van der Waals surface area (Å²) in [6.45, 7) is 5.25. The lowest BCUT2D eigenvalue weighted by atomic mass is 10.0. The van der Waals surface area contributed by atoms with E-state index in [9.17, 15) is 9.67 Å². The van der Waals surface area contributed by atoms with Crippen LogP contribution in [0, 0.1) is 0 Å². The van der Waals surface area contributed by atoms with Crippen molar-refractivity contribution in [2.75, 3.05) is 14.1 Å². The summed E-state index contributed by atoms with van der Waals surface area (Å²) in [5.74, 6) is 0. The van der Waals surface area contributed by atoms with E-state index in [4.69, 9.17) is 4.52 Å². The highest BCUT2D eigenvalue weighted by molar-refractivity contribution is 7.58. The first-order valence-corrected chi connectivity index (χ1v) is 5.90. The van der Waals surface area contributed by atoms with Crippen LogP contribution in [0.1, 0.15) is 27.2 Å². The average Bonchev–Trinajstić information content (AvgIpc) is 1.97. The monoisotopic (exact) mass is 207 g/mol. The van der Waals surface area contributed by atoms with Crippen molar-refractivity contribution in [1.29, 1.82) is 0 Å². The highest BCUT2D eigenvalue weighted by Crippen LogP contribution is 2.69. The second kappa shape index (κ2) is 2.80. The standard InChI is InChI=1S/C8H18NO3P/c1-7(2)6-8(3,10)13(11,12-7)9(4)5/h10H,6H2,1-5H3/t8-,13?/m0/s1. The Bertz CT molecular complexity index is 260. The summed E-state index contributed by atoms with van der Waals surface area (Å²) in [5.41, 5.74) is -0.511. The molecule has 0 amide bonds. The molecule has 13 heavy (non-hydrogen) atoms. The predicted molar refractivity (Wildman–Crippen MR) is 51.7 cm³/mol. The molecule has 5 heteroatoms. The lowest BCUT2D eigenvalue weighted by Gasteiger charge is -2.29. The summed E-state index contributed by atoms with van der Waals surface area (Å²) in [5, 5.41) is 8.75. The summed E-state index contributed by atoms with van der Waals surface area (Å²) in [7, 11) is 0.249. The number of rotatable bonds is 1. The molecule has 0 radical (unpaired) electrons. The molecule has 1 saturated heterocycles. The van der Waals surface area contributed by atoms with Crippen LogP contribution in [0.4, 0.5) is 0 Å². The van der Waals surface area contributed by atoms with Gasteiger partial charge in [0.15, 0.2) is 5.34 Å². The third kappa shape index (κ3) is 1.68. The summed E-state index contributed by atoms with van der Waals surface area (Å²) in [6.07, 6.45) is 0.398. The number of aliphatic hydroxyl groups is 1. The second-order valence-electron chi connectivity index (χ2n) is 4.61. The Hall–Kier alpha value is 0.110. The van der Waals surface area contributed by atoms with Gasteiger partial charge in [0.2, 0.25) is 0 Å². The fraction of sp³-hybridized carbons (Fsp3) is 1.00. The Morgan fingerprint density at radius 3 is 2.00 bits per heavy atom. The van der Waals surface area contributed by atoms with E-state index in [1.165, 1.54) is 4.67 Å². The largest absolute Gasteiger partial charge is 0.378 e. The van der Waals surface area contributed by atoms with Crippen LogP contribution in [0.25, 0.3) is 0 Å². The number of hydrogen-bond acceptors (Lipinski definition) is 3. The van der Waals surface area contributed by atoms with Crippen molar-refractivity contribution in [3.63, 3.8) is 0 Å². The van der Waals surface area contributed by atoms with E-state index in [-0.39, 0.29) is 0 Å². The van der Waals surface area contributed by atoms with E-state index in [0.717, 1.165) is 0 Å². The van der Waals surface area contributed by atoms with Gasteiger partial charge in [-0.05, 0) is 34.9 Å². The van der Waals surface area contributed by atoms with Gasteiger partial charge in [-0.25, -0.2) is 4.67 Å². The summed E-state index contributed by atoms with van der Waals surface area (Å²) >= 11 is 0. The number of hydrogen-bond donors (Lipinski definition) is 1. The molecule has 1 heterocycles. The third-order valence-corrected chi connectivity index (χ3v) is 5.44. The molecule has 1 fully saturated rings. The zero-order valence-electron chi connectivity index (χ0n) is 8.87. The van der Waals surface area contributed by atoms with Crippen LogP contribution >= 0.6 is 7.52 Å². The van der Waals surface area contributed by atoms with Crippen LogP contribution in [-0.2, 0) is 9.09 Å². The Morgan fingerprint density at radius 2 is 1.85 bits per heavy atom. The summed E-state index contributed by atoms with van der Waals surface area (Å²) < 4.78 is 19.2. The zero-order chi connectivity index (χ0) is 10.5. The van der Waals surface area contributed by atoms with Gasteiger partial charge in [0.1, 0.15) is 0 Å². The molecule has 0 aromatic heterocycles. The average molecular weight is 207 g/mol. The molecule has 0 spiro atoms. The topological polar surface area (TPSA) is 49.8 Å². The Balaban J connectivity index is 3.08. The Labute approximate surface area is 79.4 Å². The van der Waals surface area contributed by atoms with E-state index >= 15 is 0 Å². The molecule has 0 bridgehead atoms. The lowest BCUT2D eigenvalue weighted by Crippen LogP contribution is -2.27. The van der Waals surface area contributed by atoms with Gasteiger partial charge >= 0.3 is 7.52 Å². The highest BCUT2D eigenvalue weighted by atomic mass is 31.2. The van der Waals surface area contributed by atoms with Crippen molar-refractivity contribution in [2.45, 2.75) is 38.1 Å². The predicted octanol–water partition coefficient (Wildman–Crippen LogP) is 1.65. The first-order valence-electron chi connectivity index (χ1n) is 4.32. The molecule has 4 nitrogen and oxygen atoms in total. The van der Waals surface area contributed by atoms with Gasteiger partial charge in [0.25, 0.3) is 0 Å². The van der Waals surface area contributed by atoms with Gasteiger partial charge in [0, 0.05) is 6.42 Å². The summed E-state index contributed by atoms with van der Waals surface area (Å²) in [6, 6.07) is 0. The van der Waals surface area contributed by atoms with Crippen LogP contribution in [0.2, 0.25) is 0 Å². The molecule has 1 rings (SSSR count). The first-order chi connectivity index (χ1) is 5.61. The fourth-order valence-electron chi connectivity index (χ4n) is 1.88. The van der Waals surface area contributed by atoms with Crippen molar-refractivity contribution >= 4 is 7.52 Å². The molecule has 0 aromatic rings. The molecule has 0 aliphatic carbocycles. The fourth-order valence-corrected chi connectivity index (χ4v) is 4.42. The van der Waals surface area contributed by atoms with E-state index in [1.807, 2.05) is 13.8 Å². The van der Waals surface area contributed by atoms with Gasteiger partial charge in [-0.2, -0.15) is 0 Å². The van der Waals surface area contributed by atoms with Crippen LogP contribution in [0.3, 0.4) is 0 Å². The molecule has 78 valence electrons. The molecule has 0 saturated carbocycles. The normalized spacial score (nSPS) is 44.2. The van der Waals surface area contributed by atoms with E-state index < -0.39 is 18.5 Å². The van der Waals surface area contributed by atoms with E-state index in [0.29, 0.717) is 6.42 Å². The van der Waals surface area contributed by atoms with Crippen molar-refractivity contribution in [3.05, 3.63) is 0 Å². The van der Waals surface area contributed by atoms with E-state index in [1.54, 1.807) is 21.0 Å².